The van der Waals surface area contributed by atoms with Gasteiger partial charge in [-0.1, -0.05) is 11.6 Å². The fourth-order valence-corrected chi connectivity index (χ4v) is 2.31. The molecule has 0 saturated carbocycles. The van der Waals surface area contributed by atoms with E-state index in [1.54, 1.807) is 24.3 Å². The van der Waals surface area contributed by atoms with Crippen molar-refractivity contribution in [1.82, 2.24) is 9.97 Å². The largest absolute Gasteiger partial charge is 0.331 e. The summed E-state index contributed by atoms with van der Waals surface area (Å²) in [6.45, 7) is 0.268. The molecule has 2 heterocycles. The molecular formula is C11H9ClN4S. The zero-order valence-electron chi connectivity index (χ0n) is 9.09. The van der Waals surface area contributed by atoms with E-state index in [2.05, 4.69) is 9.97 Å². The van der Waals surface area contributed by atoms with Crippen LogP contribution >= 0.6 is 22.9 Å². The Morgan fingerprint density at radius 1 is 1.41 bits per heavy atom. The van der Waals surface area contributed by atoms with Gasteiger partial charge in [0.2, 0.25) is 5.95 Å². The van der Waals surface area contributed by atoms with Crippen LogP contribution in [0.5, 0.6) is 0 Å². The van der Waals surface area contributed by atoms with Crippen LogP contribution in [0, 0.1) is 11.3 Å². The molecule has 17 heavy (non-hydrogen) atoms. The Bertz CT molecular complexity index is 543. The van der Waals surface area contributed by atoms with Gasteiger partial charge in [0.25, 0.3) is 0 Å². The van der Waals surface area contributed by atoms with Crippen molar-refractivity contribution in [2.45, 2.75) is 0 Å². The fraction of sp³-hybridized carbons (Fsp3) is 0.182. The van der Waals surface area contributed by atoms with Gasteiger partial charge in [-0.15, -0.1) is 11.3 Å². The van der Waals surface area contributed by atoms with Crippen LogP contribution in [0.1, 0.15) is 0 Å². The minimum atomic E-state index is 0.268. The van der Waals surface area contributed by atoms with Crippen LogP contribution in [0.15, 0.2) is 24.5 Å². The van der Waals surface area contributed by atoms with Gasteiger partial charge in [0.05, 0.1) is 10.4 Å². The first-order chi connectivity index (χ1) is 8.20. The molecule has 0 fully saturated rings. The first-order valence-electron chi connectivity index (χ1n) is 4.86. The second-order valence-electron chi connectivity index (χ2n) is 3.39. The number of nitrogens with zero attached hydrogens (tertiary/aromatic N) is 4. The highest BCUT2D eigenvalue weighted by Gasteiger charge is 2.06. The summed E-state index contributed by atoms with van der Waals surface area (Å²) in [5.41, 5.74) is 0.927. The highest BCUT2D eigenvalue weighted by Crippen LogP contribution is 2.30. The molecule has 0 saturated heterocycles. The van der Waals surface area contributed by atoms with Crippen LogP contribution in [0.25, 0.3) is 10.4 Å². The molecule has 0 N–H and O–H groups in total. The maximum absolute atomic E-state index is 8.57. The number of hydrogen-bond acceptors (Lipinski definition) is 5. The van der Waals surface area contributed by atoms with Gasteiger partial charge in [-0.05, 0) is 12.1 Å². The van der Waals surface area contributed by atoms with Crippen LogP contribution in [0.4, 0.5) is 5.95 Å². The minimum absolute atomic E-state index is 0.268. The average molecular weight is 265 g/mol. The molecule has 0 radical (unpaired) electrons. The third-order valence-corrected chi connectivity index (χ3v) is 3.43. The third-order valence-electron chi connectivity index (χ3n) is 2.15. The fourth-order valence-electron chi connectivity index (χ4n) is 1.29. The maximum Gasteiger partial charge on any atom is 0.225 e. The number of hydrogen-bond donors (Lipinski definition) is 0. The first-order valence-corrected chi connectivity index (χ1v) is 6.06. The molecule has 0 unspecified atom stereocenters. The van der Waals surface area contributed by atoms with Gasteiger partial charge in [0.1, 0.15) is 6.54 Å². The van der Waals surface area contributed by atoms with Gasteiger partial charge < -0.3 is 4.90 Å². The normalized spacial score (nSPS) is 9.94. The van der Waals surface area contributed by atoms with Crippen molar-refractivity contribution >= 4 is 28.9 Å². The van der Waals surface area contributed by atoms with E-state index >= 15 is 0 Å². The van der Waals surface area contributed by atoms with Gasteiger partial charge in [-0.2, -0.15) is 5.26 Å². The van der Waals surface area contributed by atoms with Crippen molar-refractivity contribution in [3.63, 3.8) is 0 Å². The molecule has 0 spiro atoms. The lowest BCUT2D eigenvalue weighted by Gasteiger charge is -2.12. The van der Waals surface area contributed by atoms with Crippen LogP contribution in [-0.2, 0) is 0 Å². The van der Waals surface area contributed by atoms with E-state index in [1.165, 1.54) is 11.3 Å². The molecule has 86 valence electrons. The summed E-state index contributed by atoms with van der Waals surface area (Å²) in [5.74, 6) is 0.540. The lowest BCUT2D eigenvalue weighted by atomic mass is 10.3. The Morgan fingerprint density at radius 2 is 2.12 bits per heavy atom. The molecule has 0 amide bonds. The van der Waals surface area contributed by atoms with E-state index in [0.29, 0.717) is 5.95 Å². The summed E-state index contributed by atoms with van der Waals surface area (Å²) in [7, 11) is 1.78. The number of rotatable bonds is 3. The van der Waals surface area contributed by atoms with E-state index in [0.717, 1.165) is 14.8 Å². The lowest BCUT2D eigenvalue weighted by Crippen LogP contribution is -2.19. The Labute approximate surface area is 108 Å². The van der Waals surface area contributed by atoms with Crippen molar-refractivity contribution in [2.75, 3.05) is 18.5 Å². The van der Waals surface area contributed by atoms with Crippen molar-refractivity contribution in [3.8, 4) is 16.5 Å². The zero-order valence-corrected chi connectivity index (χ0v) is 10.7. The van der Waals surface area contributed by atoms with E-state index in [1.807, 2.05) is 18.2 Å². The zero-order chi connectivity index (χ0) is 12.3. The average Bonchev–Trinajstić information content (AvgIpc) is 2.76. The first kappa shape index (κ1) is 11.8. The Balaban J connectivity index is 2.21. The molecule has 0 aliphatic rings. The van der Waals surface area contributed by atoms with E-state index in [-0.39, 0.29) is 6.54 Å². The van der Waals surface area contributed by atoms with E-state index in [9.17, 15) is 0 Å². The maximum atomic E-state index is 8.57. The van der Waals surface area contributed by atoms with Gasteiger partial charge in [-0.25, -0.2) is 9.97 Å². The van der Waals surface area contributed by atoms with E-state index in [4.69, 9.17) is 16.9 Å². The Hall–Kier alpha value is -1.64. The highest BCUT2D eigenvalue weighted by atomic mass is 35.5. The standard InChI is InChI=1S/C11H9ClN4S/c1-16(5-4-13)11-14-6-8(7-15-11)9-2-3-10(12)17-9/h2-3,6-7H,5H2,1H3. The molecule has 4 nitrogen and oxygen atoms in total. The van der Waals surface area contributed by atoms with Gasteiger partial charge in [0.15, 0.2) is 0 Å². The second kappa shape index (κ2) is 5.13. The summed E-state index contributed by atoms with van der Waals surface area (Å²) >= 11 is 7.35. The molecule has 0 aliphatic heterocycles. The monoisotopic (exact) mass is 264 g/mol. The van der Waals surface area contributed by atoms with Crippen molar-refractivity contribution in [1.29, 1.82) is 5.26 Å². The molecule has 2 rings (SSSR count). The quantitative estimate of drug-likeness (QED) is 0.800. The van der Waals surface area contributed by atoms with Crippen LogP contribution < -0.4 is 4.90 Å². The predicted octanol–water partition coefficient (Wildman–Crippen LogP) is 2.82. The number of halogens is 1. The van der Waals surface area contributed by atoms with Crippen molar-refractivity contribution < 1.29 is 0 Å². The smallest absolute Gasteiger partial charge is 0.225 e. The summed E-state index contributed by atoms with van der Waals surface area (Å²) in [6.07, 6.45) is 3.47. The minimum Gasteiger partial charge on any atom is -0.331 e. The molecule has 0 aromatic carbocycles. The molecule has 0 aliphatic carbocycles. The number of aromatic nitrogens is 2. The molecular weight excluding hydrogens is 256 g/mol. The third kappa shape index (κ3) is 2.73. The van der Waals surface area contributed by atoms with E-state index < -0.39 is 0 Å². The second-order valence-corrected chi connectivity index (χ2v) is 5.10. The highest BCUT2D eigenvalue weighted by molar-refractivity contribution is 7.19. The Morgan fingerprint density at radius 3 is 2.65 bits per heavy atom. The molecule has 2 aromatic heterocycles. The van der Waals surface area contributed by atoms with Crippen LogP contribution in [0.3, 0.4) is 0 Å². The molecule has 2 aromatic rings. The predicted molar refractivity (Wildman–Crippen MR) is 69.2 cm³/mol. The van der Waals surface area contributed by atoms with Crippen molar-refractivity contribution in [3.05, 3.63) is 28.9 Å². The van der Waals surface area contributed by atoms with Crippen LogP contribution in [0.2, 0.25) is 4.34 Å². The summed E-state index contributed by atoms with van der Waals surface area (Å²) in [4.78, 5) is 11.1. The molecule has 6 heteroatoms. The SMILES string of the molecule is CN(CC#N)c1ncc(-c2ccc(Cl)s2)cn1. The summed E-state index contributed by atoms with van der Waals surface area (Å²) in [6, 6.07) is 5.83. The topological polar surface area (TPSA) is 52.8 Å². The number of nitriles is 1. The van der Waals surface area contributed by atoms with Gasteiger partial charge in [0, 0.05) is 29.9 Å². The summed E-state index contributed by atoms with van der Waals surface area (Å²) < 4.78 is 0.741. The summed E-state index contributed by atoms with van der Waals surface area (Å²) in [5, 5.41) is 8.57. The van der Waals surface area contributed by atoms with Gasteiger partial charge >= 0.3 is 0 Å². The number of thiophene rings is 1. The lowest BCUT2D eigenvalue weighted by molar-refractivity contribution is 0.947. The molecule has 0 atom stereocenters. The van der Waals surface area contributed by atoms with Gasteiger partial charge in [-0.3, -0.25) is 0 Å². The molecule has 0 bridgehead atoms. The Kier molecular flexibility index (Phi) is 3.57. The van der Waals surface area contributed by atoms with Crippen LogP contribution in [-0.4, -0.2) is 23.6 Å². The number of anilines is 1. The van der Waals surface area contributed by atoms with Crippen molar-refractivity contribution in [2.24, 2.45) is 0 Å².